The van der Waals surface area contributed by atoms with Crippen molar-refractivity contribution in [3.8, 4) is 0 Å². The van der Waals surface area contributed by atoms with Crippen molar-refractivity contribution in [3.63, 3.8) is 0 Å². The Labute approximate surface area is 261 Å². The van der Waals surface area contributed by atoms with E-state index in [1.54, 1.807) is 0 Å². The number of hydrogen-bond acceptors (Lipinski definition) is 10. The van der Waals surface area contributed by atoms with Gasteiger partial charge in [0, 0.05) is 30.8 Å². The molecule has 44 heavy (non-hydrogen) atoms. The van der Waals surface area contributed by atoms with Crippen LogP contribution in [0.1, 0.15) is 79.1 Å². The van der Waals surface area contributed by atoms with Crippen LogP contribution < -0.4 is 0 Å². The average Bonchev–Trinajstić information content (AvgIpc) is 3.40. The Morgan fingerprint density at radius 1 is 0.864 bits per heavy atom. The van der Waals surface area contributed by atoms with Gasteiger partial charge < -0.3 is 50.7 Å². The van der Waals surface area contributed by atoms with Crippen LogP contribution in [0.5, 0.6) is 0 Å². The van der Waals surface area contributed by atoms with E-state index in [-0.39, 0.29) is 47.8 Å². The first kappa shape index (κ1) is 34.7. The summed E-state index contributed by atoms with van der Waals surface area (Å²) >= 11 is 0. The van der Waals surface area contributed by atoms with Gasteiger partial charge in [0.05, 0.1) is 54.9 Å². The summed E-state index contributed by atoms with van der Waals surface area (Å²) in [5.74, 6) is -1.27. The second kappa shape index (κ2) is 12.7. The van der Waals surface area contributed by atoms with Crippen LogP contribution >= 0.6 is 0 Å². The van der Waals surface area contributed by atoms with Crippen LogP contribution in [0, 0.1) is 52.3 Å². The second-order valence-corrected chi connectivity index (χ2v) is 16.0. The lowest BCUT2D eigenvalue weighted by atomic mass is 9.41. The minimum absolute atomic E-state index is 0.0971. The van der Waals surface area contributed by atoms with Gasteiger partial charge in [0.1, 0.15) is 6.10 Å². The van der Waals surface area contributed by atoms with Gasteiger partial charge in [0.25, 0.3) is 0 Å². The Morgan fingerprint density at radius 3 is 2.23 bits per heavy atom. The summed E-state index contributed by atoms with van der Waals surface area (Å²) in [6, 6.07) is 0. The molecule has 0 aliphatic heterocycles. The van der Waals surface area contributed by atoms with Gasteiger partial charge >= 0.3 is 0 Å². The highest BCUT2D eigenvalue weighted by Crippen LogP contribution is 2.69. The van der Waals surface area contributed by atoms with Gasteiger partial charge in [-0.05, 0) is 79.4 Å². The molecule has 0 bridgehead atoms. The number of rotatable bonds is 9. The molecular formula is C34H58O10. The van der Waals surface area contributed by atoms with E-state index in [2.05, 4.69) is 32.9 Å². The minimum atomic E-state index is -1.26. The normalized spacial score (nSPS) is 52.8. The lowest BCUT2D eigenvalue weighted by Gasteiger charge is -2.66. The summed E-state index contributed by atoms with van der Waals surface area (Å²) in [5.41, 5.74) is -2.11. The highest BCUT2D eigenvalue weighted by Gasteiger charge is 2.71. The molecule has 0 aromatic rings. The first-order chi connectivity index (χ1) is 20.6. The Kier molecular flexibility index (Phi) is 10.0. The van der Waals surface area contributed by atoms with Gasteiger partial charge in [-0.15, -0.1) is 0 Å². The van der Waals surface area contributed by atoms with Crippen LogP contribution in [-0.4, -0.2) is 114 Å². The van der Waals surface area contributed by atoms with Crippen molar-refractivity contribution in [3.05, 3.63) is 12.2 Å². The van der Waals surface area contributed by atoms with E-state index in [0.29, 0.717) is 25.9 Å². The van der Waals surface area contributed by atoms with Gasteiger partial charge in [-0.2, -0.15) is 0 Å². The molecule has 5 rings (SSSR count). The van der Waals surface area contributed by atoms with Gasteiger partial charge in [-0.25, -0.2) is 0 Å². The zero-order valence-electron chi connectivity index (χ0n) is 26.8. The molecule has 5 aliphatic carbocycles. The fraction of sp³-hybridized carbons (Fsp3) is 0.941. The molecule has 9 N–H and O–H groups in total. The number of aliphatic hydroxyl groups excluding tert-OH is 8. The Morgan fingerprint density at radius 2 is 1.55 bits per heavy atom. The molecule has 5 saturated carbocycles. The van der Waals surface area contributed by atoms with Crippen molar-refractivity contribution in [2.75, 3.05) is 13.2 Å². The van der Waals surface area contributed by atoms with E-state index < -0.39 is 78.3 Å². The summed E-state index contributed by atoms with van der Waals surface area (Å²) in [7, 11) is 0. The van der Waals surface area contributed by atoms with Crippen LogP contribution in [-0.2, 0) is 4.74 Å². The predicted octanol–water partition coefficient (Wildman–Crippen LogP) is 0.732. The average molecular weight is 627 g/mol. The molecule has 5 fully saturated rings. The molecule has 0 aromatic carbocycles. The van der Waals surface area contributed by atoms with Crippen LogP contribution in [0.25, 0.3) is 0 Å². The van der Waals surface area contributed by atoms with E-state index in [1.165, 1.54) is 0 Å². The minimum Gasteiger partial charge on any atom is -0.394 e. The van der Waals surface area contributed by atoms with E-state index in [4.69, 9.17) is 4.74 Å². The van der Waals surface area contributed by atoms with Crippen LogP contribution in [0.3, 0.4) is 0 Å². The molecule has 0 heterocycles. The standard InChI is InChI=1S/C34H58O10/c1-17(16-44-25-12-19(24(39)15-35)28(40)30(25)42)6-5-7-18(2)20-13-22(37)31-32(20,3)11-9-26-33(4)10-8-21(36)29(41)27(33)23(38)14-34(26,31)43/h5,7,17-31,35-43H,6,8-16H2,1-4H3/b7-5+/t17-,18-,19-,20-,21+,22-,23+,24-,25+,26?,27?,28-,29+,30-,31?,32-,33-,34+/m1/s1. The lowest BCUT2D eigenvalue weighted by molar-refractivity contribution is -0.280. The van der Waals surface area contributed by atoms with Crippen molar-refractivity contribution in [2.45, 2.75) is 133 Å². The number of fused-ring (bicyclic) bond motifs is 5. The highest BCUT2D eigenvalue weighted by molar-refractivity contribution is 5.21. The lowest BCUT2D eigenvalue weighted by Crippen LogP contribution is -2.70. The summed E-state index contributed by atoms with van der Waals surface area (Å²) < 4.78 is 5.91. The maximum absolute atomic E-state index is 12.5. The summed E-state index contributed by atoms with van der Waals surface area (Å²) in [4.78, 5) is 0. The van der Waals surface area contributed by atoms with Crippen LogP contribution in [0.15, 0.2) is 12.2 Å². The third-order valence-corrected chi connectivity index (χ3v) is 13.4. The van der Waals surface area contributed by atoms with E-state index in [9.17, 15) is 46.0 Å². The van der Waals surface area contributed by atoms with Crippen molar-refractivity contribution in [2.24, 2.45) is 52.3 Å². The molecule has 3 unspecified atom stereocenters. The van der Waals surface area contributed by atoms with Crippen LogP contribution in [0.2, 0.25) is 0 Å². The Bertz CT molecular complexity index is 1030. The topological polar surface area (TPSA) is 191 Å². The predicted molar refractivity (Wildman–Crippen MR) is 162 cm³/mol. The SMILES string of the molecule is C[C@H](C/C=C/[C@@H](C)[C@H]1C[C@@H](O)C2[C@]3(O)C[C@H](O)C4[C@@H](O)[C@@H](O)CC[C@]4(C)C3CC[C@@]21C)CO[C@H]1C[C@H]([C@H](O)CO)[C@@H](O)[C@@H]1O. The molecule has 18 atom stereocenters. The quantitative estimate of drug-likeness (QED) is 0.165. The highest BCUT2D eigenvalue weighted by atomic mass is 16.5. The van der Waals surface area contributed by atoms with Crippen molar-refractivity contribution in [1.82, 2.24) is 0 Å². The molecular weight excluding hydrogens is 568 g/mol. The number of hydrogen-bond donors (Lipinski definition) is 9. The molecule has 0 spiro atoms. The first-order valence-corrected chi connectivity index (χ1v) is 17.0. The van der Waals surface area contributed by atoms with E-state index in [0.717, 1.165) is 19.3 Å². The summed E-state index contributed by atoms with van der Waals surface area (Å²) in [6.45, 7) is 8.34. The number of allylic oxidation sites excluding steroid dienone is 2. The maximum atomic E-state index is 12.5. The van der Waals surface area contributed by atoms with Gasteiger partial charge in [0.2, 0.25) is 0 Å². The maximum Gasteiger partial charge on any atom is 0.106 e. The van der Waals surface area contributed by atoms with Crippen molar-refractivity contribution >= 4 is 0 Å². The van der Waals surface area contributed by atoms with E-state index in [1.807, 2.05) is 6.92 Å². The number of ether oxygens (including phenoxy) is 1. The van der Waals surface area contributed by atoms with Crippen molar-refractivity contribution in [1.29, 1.82) is 0 Å². The molecule has 5 aliphatic rings. The zero-order valence-corrected chi connectivity index (χ0v) is 26.8. The molecule has 0 amide bonds. The third kappa shape index (κ3) is 5.63. The molecule has 10 nitrogen and oxygen atoms in total. The smallest absolute Gasteiger partial charge is 0.106 e. The fourth-order valence-electron chi connectivity index (χ4n) is 11.2. The fourth-order valence-corrected chi connectivity index (χ4v) is 11.2. The largest absolute Gasteiger partial charge is 0.394 e. The number of aliphatic hydroxyl groups is 9. The van der Waals surface area contributed by atoms with Crippen molar-refractivity contribution < 1.29 is 50.7 Å². The second-order valence-electron chi connectivity index (χ2n) is 16.0. The monoisotopic (exact) mass is 626 g/mol. The summed E-state index contributed by atoms with van der Waals surface area (Å²) in [6.07, 6.45) is 1.15. The molecule has 0 aromatic heterocycles. The van der Waals surface area contributed by atoms with Gasteiger partial charge in [-0.3, -0.25) is 0 Å². The molecule has 0 radical (unpaired) electrons. The molecule has 0 saturated heterocycles. The summed E-state index contributed by atoms with van der Waals surface area (Å²) in [5, 5.41) is 96.2. The Hall–Kier alpha value is -0.660. The third-order valence-electron chi connectivity index (χ3n) is 13.4. The van der Waals surface area contributed by atoms with Gasteiger partial charge in [-0.1, -0.05) is 39.8 Å². The molecule has 254 valence electrons. The van der Waals surface area contributed by atoms with Gasteiger partial charge in [0.15, 0.2) is 0 Å². The van der Waals surface area contributed by atoms with E-state index >= 15 is 0 Å². The molecule has 10 heteroatoms. The van der Waals surface area contributed by atoms with Crippen LogP contribution in [0.4, 0.5) is 0 Å². The first-order valence-electron chi connectivity index (χ1n) is 17.0. The Balaban J connectivity index is 1.21. The zero-order chi connectivity index (χ0) is 32.4.